The Balaban J connectivity index is 1.90. The Morgan fingerprint density at radius 1 is 0.917 bits per heavy atom. The first-order chi connectivity index (χ1) is 11.6. The van der Waals surface area contributed by atoms with Crippen molar-refractivity contribution >= 4 is 5.97 Å². The third-order valence-electron chi connectivity index (χ3n) is 4.59. The first kappa shape index (κ1) is 20.7. The van der Waals surface area contributed by atoms with E-state index in [9.17, 15) is 9.18 Å². The third kappa shape index (κ3) is 9.09. The molecule has 0 spiro atoms. The van der Waals surface area contributed by atoms with Crippen LogP contribution in [-0.2, 0) is 6.42 Å². The average Bonchev–Trinajstić information content (AvgIpc) is 2.93. The number of carbonyl (C=O) groups is 1. The second-order valence-electron chi connectivity index (χ2n) is 6.82. The van der Waals surface area contributed by atoms with Gasteiger partial charge in [0.1, 0.15) is 0 Å². The van der Waals surface area contributed by atoms with Crippen molar-refractivity contribution in [3.8, 4) is 0 Å². The second kappa shape index (κ2) is 13.0. The van der Waals surface area contributed by atoms with E-state index >= 15 is 0 Å². The molecule has 0 amide bonds. The van der Waals surface area contributed by atoms with Gasteiger partial charge in [0.15, 0.2) is 11.5 Å². The van der Waals surface area contributed by atoms with Gasteiger partial charge in [-0.25, -0.2) is 9.18 Å². The van der Waals surface area contributed by atoms with Gasteiger partial charge in [0, 0.05) is 5.69 Å². The molecular weight excluding hydrogens is 305 g/mol. The van der Waals surface area contributed by atoms with Crippen LogP contribution in [0.5, 0.6) is 0 Å². The largest absolute Gasteiger partial charge is 0.476 e. The molecule has 0 aliphatic heterocycles. The fourth-order valence-electron chi connectivity index (χ4n) is 3.10. The van der Waals surface area contributed by atoms with Gasteiger partial charge in [0.05, 0.1) is 0 Å². The molecule has 0 unspecified atom stereocenters. The molecule has 24 heavy (non-hydrogen) atoms. The number of carboxylic acid groups (broad SMARTS) is 1. The minimum absolute atomic E-state index is 0.320. The zero-order valence-electron chi connectivity index (χ0n) is 15.2. The standard InChI is InChI=1S/C20H34FNO2/c1-2-3-4-5-6-7-8-9-10-11-12-13-14-15-17-16-18(21)19(22-17)20(23)24/h16,22H,2-15H2,1H3,(H,23,24). The third-order valence-corrected chi connectivity index (χ3v) is 4.59. The zero-order chi connectivity index (χ0) is 17.6. The summed E-state index contributed by atoms with van der Waals surface area (Å²) >= 11 is 0. The molecule has 4 heteroatoms. The van der Waals surface area contributed by atoms with E-state index in [1.165, 1.54) is 76.7 Å². The van der Waals surface area contributed by atoms with Crippen LogP contribution in [0.4, 0.5) is 4.39 Å². The van der Waals surface area contributed by atoms with Crippen molar-refractivity contribution in [2.75, 3.05) is 0 Å². The molecule has 1 heterocycles. The van der Waals surface area contributed by atoms with Crippen molar-refractivity contribution in [2.45, 2.75) is 96.8 Å². The van der Waals surface area contributed by atoms with Crippen molar-refractivity contribution in [1.29, 1.82) is 0 Å². The van der Waals surface area contributed by atoms with Crippen LogP contribution in [0.3, 0.4) is 0 Å². The number of H-pyrrole nitrogens is 1. The van der Waals surface area contributed by atoms with E-state index in [1.807, 2.05) is 0 Å². The number of halogens is 1. The summed E-state index contributed by atoms with van der Waals surface area (Å²) in [7, 11) is 0. The molecule has 0 aliphatic carbocycles. The number of carboxylic acids is 1. The molecule has 138 valence electrons. The van der Waals surface area contributed by atoms with E-state index in [2.05, 4.69) is 11.9 Å². The molecule has 0 atom stereocenters. The molecule has 1 aromatic rings. The van der Waals surface area contributed by atoms with Crippen molar-refractivity contribution in [3.05, 3.63) is 23.3 Å². The van der Waals surface area contributed by atoms with E-state index in [1.54, 1.807) is 0 Å². The van der Waals surface area contributed by atoms with Crippen molar-refractivity contribution in [3.63, 3.8) is 0 Å². The first-order valence-electron chi connectivity index (χ1n) is 9.75. The molecule has 0 saturated carbocycles. The highest BCUT2D eigenvalue weighted by Gasteiger charge is 2.13. The molecule has 0 radical (unpaired) electrons. The monoisotopic (exact) mass is 339 g/mol. The molecular formula is C20H34FNO2. The van der Waals surface area contributed by atoms with Crippen molar-refractivity contribution < 1.29 is 14.3 Å². The quantitative estimate of drug-likeness (QED) is 0.359. The summed E-state index contributed by atoms with van der Waals surface area (Å²) in [4.78, 5) is 13.4. The SMILES string of the molecule is CCCCCCCCCCCCCCCc1cc(F)c(C(=O)O)[nH]1. The molecule has 0 fully saturated rings. The molecule has 3 nitrogen and oxygen atoms in total. The summed E-state index contributed by atoms with van der Waals surface area (Å²) in [5.41, 5.74) is 0.368. The highest BCUT2D eigenvalue weighted by Crippen LogP contribution is 2.15. The van der Waals surface area contributed by atoms with Gasteiger partial charge in [-0.2, -0.15) is 0 Å². The van der Waals surface area contributed by atoms with Gasteiger partial charge >= 0.3 is 5.97 Å². The molecule has 1 rings (SSSR count). The van der Waals surface area contributed by atoms with Gasteiger partial charge in [-0.15, -0.1) is 0 Å². The van der Waals surface area contributed by atoms with Crippen molar-refractivity contribution in [2.24, 2.45) is 0 Å². The van der Waals surface area contributed by atoms with Crippen molar-refractivity contribution in [1.82, 2.24) is 4.98 Å². The minimum Gasteiger partial charge on any atom is -0.476 e. The number of nitrogens with one attached hydrogen (secondary N) is 1. The molecule has 0 aliphatic rings. The Labute approximate surface area is 146 Å². The van der Waals surface area contributed by atoms with Gasteiger partial charge in [-0.05, 0) is 18.9 Å². The molecule has 0 bridgehead atoms. The summed E-state index contributed by atoms with van der Waals surface area (Å²) in [6, 6.07) is 1.31. The first-order valence-corrected chi connectivity index (χ1v) is 9.75. The van der Waals surface area contributed by atoms with Gasteiger partial charge in [-0.1, -0.05) is 84.0 Å². The Bertz CT molecular complexity index is 456. The van der Waals surface area contributed by atoms with Crippen LogP contribution in [0.1, 0.15) is 107 Å². The number of aromatic carboxylic acids is 1. The highest BCUT2D eigenvalue weighted by atomic mass is 19.1. The fraction of sp³-hybridized carbons (Fsp3) is 0.750. The van der Waals surface area contributed by atoms with E-state index in [0.29, 0.717) is 5.69 Å². The molecule has 0 saturated heterocycles. The smallest absolute Gasteiger partial charge is 0.355 e. The van der Waals surface area contributed by atoms with E-state index in [0.717, 1.165) is 19.3 Å². The predicted molar refractivity (Wildman–Crippen MR) is 97.1 cm³/mol. The maximum atomic E-state index is 13.3. The van der Waals surface area contributed by atoms with Gasteiger partial charge < -0.3 is 10.1 Å². The number of unbranched alkanes of at least 4 members (excludes halogenated alkanes) is 12. The predicted octanol–water partition coefficient (Wildman–Crippen LogP) is 6.49. The summed E-state index contributed by atoms with van der Waals surface area (Å²) in [5, 5.41) is 8.79. The number of rotatable bonds is 15. The van der Waals surface area contributed by atoms with E-state index in [4.69, 9.17) is 5.11 Å². The number of hydrogen-bond acceptors (Lipinski definition) is 1. The van der Waals surface area contributed by atoms with Crippen LogP contribution in [-0.4, -0.2) is 16.1 Å². The molecule has 0 aromatic carbocycles. The summed E-state index contributed by atoms with van der Waals surface area (Å²) < 4.78 is 13.3. The lowest BCUT2D eigenvalue weighted by Gasteiger charge is -2.03. The van der Waals surface area contributed by atoms with Crippen LogP contribution in [0.15, 0.2) is 6.07 Å². The topological polar surface area (TPSA) is 53.1 Å². The lowest BCUT2D eigenvalue weighted by atomic mass is 10.0. The summed E-state index contributed by atoms with van der Waals surface area (Å²) in [6.07, 6.45) is 17.6. The zero-order valence-corrected chi connectivity index (χ0v) is 15.2. The highest BCUT2D eigenvalue weighted by molar-refractivity contribution is 5.85. The molecule has 2 N–H and O–H groups in total. The van der Waals surface area contributed by atoms with Gasteiger partial charge in [-0.3, -0.25) is 0 Å². The Kier molecular flexibility index (Phi) is 11.2. The maximum absolute atomic E-state index is 13.3. The van der Waals surface area contributed by atoms with Gasteiger partial charge in [0.2, 0.25) is 0 Å². The second-order valence-corrected chi connectivity index (χ2v) is 6.82. The molecule has 1 aromatic heterocycles. The summed E-state index contributed by atoms with van der Waals surface area (Å²) in [5.74, 6) is -1.89. The average molecular weight is 339 g/mol. The summed E-state index contributed by atoms with van der Waals surface area (Å²) in [6.45, 7) is 2.25. The number of aromatic amines is 1. The van der Waals surface area contributed by atoms with E-state index < -0.39 is 11.8 Å². The van der Waals surface area contributed by atoms with Crippen LogP contribution < -0.4 is 0 Å². The van der Waals surface area contributed by atoms with Crippen LogP contribution >= 0.6 is 0 Å². The Morgan fingerprint density at radius 2 is 1.38 bits per heavy atom. The van der Waals surface area contributed by atoms with Crippen LogP contribution in [0, 0.1) is 5.82 Å². The normalized spacial score (nSPS) is 11.1. The lowest BCUT2D eigenvalue weighted by molar-refractivity contribution is 0.0686. The Morgan fingerprint density at radius 3 is 1.79 bits per heavy atom. The lowest BCUT2D eigenvalue weighted by Crippen LogP contribution is -1.99. The van der Waals surface area contributed by atoms with Gasteiger partial charge in [0.25, 0.3) is 0 Å². The Hall–Kier alpha value is -1.32. The number of aromatic nitrogens is 1. The minimum atomic E-state index is -1.23. The van der Waals surface area contributed by atoms with E-state index in [-0.39, 0.29) is 5.69 Å². The fourth-order valence-corrected chi connectivity index (χ4v) is 3.10. The number of hydrogen-bond donors (Lipinski definition) is 2. The number of aryl methyl sites for hydroxylation is 1. The van der Waals surface area contributed by atoms with Crippen LogP contribution in [0.25, 0.3) is 0 Å². The van der Waals surface area contributed by atoms with Crippen LogP contribution in [0.2, 0.25) is 0 Å². The maximum Gasteiger partial charge on any atom is 0.355 e.